The van der Waals surface area contributed by atoms with Crippen molar-refractivity contribution in [3.05, 3.63) is 45.9 Å². The van der Waals surface area contributed by atoms with Gasteiger partial charge < -0.3 is 9.47 Å². The minimum atomic E-state index is -0.936. The van der Waals surface area contributed by atoms with Crippen LogP contribution in [0.2, 0.25) is 5.02 Å². The third-order valence-corrected chi connectivity index (χ3v) is 3.46. The molecular formula is C15H11ClN2O5. The van der Waals surface area contributed by atoms with Crippen LogP contribution in [-0.2, 0) is 23.9 Å². The molecule has 7 nitrogen and oxygen atoms in total. The van der Waals surface area contributed by atoms with Gasteiger partial charge in [-0.3, -0.25) is 19.3 Å². The van der Waals surface area contributed by atoms with Gasteiger partial charge in [0, 0.05) is 10.6 Å². The average Bonchev–Trinajstić information content (AvgIpc) is 2.80. The molecule has 1 aliphatic heterocycles. The summed E-state index contributed by atoms with van der Waals surface area (Å²) >= 11 is 5.94. The third kappa shape index (κ3) is 2.89. The first-order valence-corrected chi connectivity index (χ1v) is 6.71. The lowest BCUT2D eigenvalue weighted by Crippen LogP contribution is -2.33. The van der Waals surface area contributed by atoms with Crippen LogP contribution in [0, 0.1) is 6.57 Å². The molecule has 1 aromatic carbocycles. The lowest BCUT2D eigenvalue weighted by molar-refractivity contribution is -0.139. The second-order valence-corrected chi connectivity index (χ2v) is 4.89. The second-order valence-electron chi connectivity index (χ2n) is 4.46. The van der Waals surface area contributed by atoms with Gasteiger partial charge in [-0.1, -0.05) is 11.6 Å². The van der Waals surface area contributed by atoms with Crippen LogP contribution in [-0.4, -0.2) is 38.6 Å². The van der Waals surface area contributed by atoms with Crippen LogP contribution in [0.25, 0.3) is 10.4 Å². The number of fused-ring (bicyclic) bond motifs is 1. The Morgan fingerprint density at radius 2 is 2.00 bits per heavy atom. The Kier molecular flexibility index (Phi) is 4.67. The van der Waals surface area contributed by atoms with Crippen molar-refractivity contribution in [1.82, 2.24) is 0 Å². The van der Waals surface area contributed by atoms with Crippen LogP contribution in [0.5, 0.6) is 0 Å². The number of nitrogens with zero attached hydrogens (tertiary/aromatic N) is 2. The smallest absolute Gasteiger partial charge is 0.336 e. The van der Waals surface area contributed by atoms with Crippen LogP contribution in [0.1, 0.15) is 5.56 Å². The lowest BCUT2D eigenvalue weighted by atomic mass is 10.1. The predicted molar refractivity (Wildman–Crippen MR) is 81.4 cm³/mol. The van der Waals surface area contributed by atoms with Crippen LogP contribution >= 0.6 is 11.6 Å². The molecule has 0 radical (unpaired) electrons. The van der Waals surface area contributed by atoms with E-state index < -0.39 is 23.5 Å². The van der Waals surface area contributed by atoms with E-state index in [1.807, 2.05) is 0 Å². The highest BCUT2D eigenvalue weighted by atomic mass is 35.5. The molecule has 0 aromatic heterocycles. The van der Waals surface area contributed by atoms with Crippen LogP contribution in [0.3, 0.4) is 0 Å². The Morgan fingerprint density at radius 1 is 1.30 bits per heavy atom. The highest BCUT2D eigenvalue weighted by Gasteiger charge is 2.38. The Balaban J connectivity index is 2.68. The third-order valence-electron chi connectivity index (χ3n) is 3.22. The molecule has 1 aromatic rings. The zero-order valence-electron chi connectivity index (χ0n) is 12.3. The normalized spacial score (nSPS) is 14.9. The number of carbonyl (C=O) groups is 3. The molecule has 0 atom stereocenters. The molecule has 0 aliphatic carbocycles. The topological polar surface area (TPSA) is 77.3 Å². The first kappa shape index (κ1) is 16.5. The fraction of sp³-hybridized carbons (Fsp3) is 0.200. The molecule has 0 saturated heterocycles. The van der Waals surface area contributed by atoms with E-state index in [9.17, 15) is 14.4 Å². The second kappa shape index (κ2) is 6.50. The number of anilines is 1. The number of methoxy groups -OCH3 is 2. The first-order chi connectivity index (χ1) is 10.9. The summed E-state index contributed by atoms with van der Waals surface area (Å²) < 4.78 is 9.10. The van der Waals surface area contributed by atoms with E-state index in [2.05, 4.69) is 14.3 Å². The molecule has 0 N–H and O–H groups in total. The number of hydrogen-bond acceptors (Lipinski definition) is 5. The van der Waals surface area contributed by atoms with Gasteiger partial charge in [-0.15, -0.1) is 0 Å². The molecule has 0 unspecified atom stereocenters. The van der Waals surface area contributed by atoms with E-state index >= 15 is 0 Å². The Bertz CT molecular complexity index is 779. The van der Waals surface area contributed by atoms with Crippen molar-refractivity contribution in [3.63, 3.8) is 0 Å². The minimum Gasteiger partial charge on any atom is -0.474 e. The van der Waals surface area contributed by atoms with Crippen molar-refractivity contribution in [2.24, 2.45) is 0 Å². The van der Waals surface area contributed by atoms with Crippen LogP contribution in [0.4, 0.5) is 5.69 Å². The molecule has 8 heteroatoms. The average molecular weight is 335 g/mol. The van der Waals surface area contributed by atoms with E-state index in [1.165, 1.54) is 25.3 Å². The van der Waals surface area contributed by atoms with Gasteiger partial charge in [0.1, 0.15) is 6.54 Å². The molecule has 23 heavy (non-hydrogen) atoms. The van der Waals surface area contributed by atoms with Crippen molar-refractivity contribution in [2.45, 2.75) is 0 Å². The summed E-state index contributed by atoms with van der Waals surface area (Å²) in [7, 11) is 2.31. The van der Waals surface area contributed by atoms with E-state index in [0.717, 1.165) is 12.0 Å². The molecule has 0 saturated carbocycles. The summed E-state index contributed by atoms with van der Waals surface area (Å²) in [5.41, 5.74) is 0.0503. The number of esters is 2. The van der Waals surface area contributed by atoms with E-state index in [-0.39, 0.29) is 12.1 Å². The molecular weight excluding hydrogens is 324 g/mol. The molecule has 1 aliphatic rings. The molecule has 1 heterocycles. The van der Waals surface area contributed by atoms with Gasteiger partial charge >= 0.3 is 11.9 Å². The largest absolute Gasteiger partial charge is 0.474 e. The molecule has 0 fully saturated rings. The van der Waals surface area contributed by atoms with E-state index in [0.29, 0.717) is 16.3 Å². The van der Waals surface area contributed by atoms with Crippen molar-refractivity contribution in [1.29, 1.82) is 0 Å². The number of carbonyl (C=O) groups excluding carboxylic acids is 3. The van der Waals surface area contributed by atoms with Crippen LogP contribution in [0.15, 0.2) is 23.9 Å². The van der Waals surface area contributed by atoms with E-state index in [1.54, 1.807) is 0 Å². The van der Waals surface area contributed by atoms with Gasteiger partial charge in [0.15, 0.2) is 0 Å². The summed E-state index contributed by atoms with van der Waals surface area (Å²) in [6.45, 7) is 6.81. The fourth-order valence-electron chi connectivity index (χ4n) is 2.18. The quantitative estimate of drug-likeness (QED) is 0.477. The van der Waals surface area contributed by atoms with E-state index in [4.69, 9.17) is 18.2 Å². The SMILES string of the molecule is [C-]#[N+]/C(C(=O)OC)=C1/C(=O)N(CC(=O)OC)c2ccc(Cl)cc21. The number of benzene rings is 1. The summed E-state index contributed by atoms with van der Waals surface area (Å²) in [5, 5.41) is 0.322. The maximum absolute atomic E-state index is 12.6. The van der Waals surface area contributed by atoms with Crippen molar-refractivity contribution < 1.29 is 23.9 Å². The van der Waals surface area contributed by atoms with Gasteiger partial charge in [-0.25, -0.2) is 4.85 Å². The molecule has 2 rings (SSSR count). The van der Waals surface area contributed by atoms with Gasteiger partial charge in [0.05, 0.1) is 32.1 Å². The Morgan fingerprint density at radius 3 is 2.57 bits per heavy atom. The van der Waals surface area contributed by atoms with Crippen LogP contribution < -0.4 is 4.90 Å². The number of rotatable bonds is 3. The Hall–Kier alpha value is -2.85. The standard InChI is InChI=1S/C15H11ClN2O5/c1-17-13(15(21)23-3)12-9-6-8(16)4-5-10(9)18(14(12)20)7-11(19)22-2/h4-6H,7H2,2-3H3/b13-12+. The Labute approximate surface area is 136 Å². The molecule has 0 bridgehead atoms. The summed E-state index contributed by atoms with van der Waals surface area (Å²) in [6, 6.07) is 4.52. The number of halogens is 1. The van der Waals surface area contributed by atoms with Gasteiger partial charge in [-0.2, -0.15) is 0 Å². The van der Waals surface area contributed by atoms with Crippen molar-refractivity contribution >= 4 is 40.7 Å². The molecule has 0 spiro atoms. The maximum Gasteiger partial charge on any atom is 0.336 e. The fourth-order valence-corrected chi connectivity index (χ4v) is 2.36. The lowest BCUT2D eigenvalue weighted by Gasteiger charge is -2.15. The van der Waals surface area contributed by atoms with Gasteiger partial charge in [0.25, 0.3) is 5.70 Å². The van der Waals surface area contributed by atoms with Gasteiger partial charge in [0.2, 0.25) is 5.91 Å². The summed E-state index contributed by atoms with van der Waals surface area (Å²) in [4.78, 5) is 40.1. The number of hydrogen-bond donors (Lipinski definition) is 0. The summed E-state index contributed by atoms with van der Waals surface area (Å²) in [5.74, 6) is -2.24. The first-order valence-electron chi connectivity index (χ1n) is 6.33. The molecule has 118 valence electrons. The minimum absolute atomic E-state index is 0.145. The van der Waals surface area contributed by atoms with Crippen molar-refractivity contribution in [3.8, 4) is 0 Å². The number of ether oxygens (including phenoxy) is 2. The zero-order valence-corrected chi connectivity index (χ0v) is 13.0. The maximum atomic E-state index is 12.6. The zero-order chi connectivity index (χ0) is 17.1. The van der Waals surface area contributed by atoms with Crippen molar-refractivity contribution in [2.75, 3.05) is 25.7 Å². The predicted octanol–water partition coefficient (Wildman–Crippen LogP) is 1.66. The summed E-state index contributed by atoms with van der Waals surface area (Å²) in [6.07, 6.45) is 0. The highest BCUT2D eigenvalue weighted by molar-refractivity contribution is 6.38. The van der Waals surface area contributed by atoms with Gasteiger partial charge in [-0.05, 0) is 18.2 Å². The monoisotopic (exact) mass is 334 g/mol. The molecule has 1 amide bonds. The highest BCUT2D eigenvalue weighted by Crippen LogP contribution is 2.40. The number of amides is 1.